The summed E-state index contributed by atoms with van der Waals surface area (Å²) in [7, 11) is -3.86. The predicted molar refractivity (Wildman–Crippen MR) is 111 cm³/mol. The summed E-state index contributed by atoms with van der Waals surface area (Å²) in [5.74, 6) is -0.188. The number of amides is 2. The zero-order valence-corrected chi connectivity index (χ0v) is 17.4. The molecule has 2 amide bonds. The highest BCUT2D eigenvalue weighted by Gasteiger charge is 2.40. The van der Waals surface area contributed by atoms with E-state index in [0.717, 1.165) is 21.6 Å². The molecule has 1 aliphatic rings. The lowest BCUT2D eigenvalue weighted by Crippen LogP contribution is -2.31. The number of primary sulfonamides is 1. The number of rotatable bonds is 5. The van der Waals surface area contributed by atoms with Gasteiger partial charge in [0.2, 0.25) is 10.0 Å². The maximum atomic E-state index is 13.2. The second-order valence-electron chi connectivity index (χ2n) is 6.44. The molecule has 0 saturated heterocycles. The van der Waals surface area contributed by atoms with Crippen LogP contribution in [-0.4, -0.2) is 26.0 Å². The first kappa shape index (κ1) is 20.3. The molecular weight excluding hydrogens is 396 g/mol. The molecule has 146 valence electrons. The van der Waals surface area contributed by atoms with Crippen molar-refractivity contribution in [1.82, 2.24) is 0 Å². The second kappa shape index (κ2) is 7.54. The first-order valence-corrected chi connectivity index (χ1v) is 11.1. The molecule has 0 aromatic heterocycles. The van der Waals surface area contributed by atoms with E-state index in [1.807, 2.05) is 39.0 Å². The molecular formula is C20H20N2O4S2. The van der Waals surface area contributed by atoms with Crippen LogP contribution in [0.2, 0.25) is 0 Å². The highest BCUT2D eigenvalue weighted by Crippen LogP contribution is 2.39. The van der Waals surface area contributed by atoms with E-state index < -0.39 is 21.8 Å². The average Bonchev–Trinajstić information content (AvgIpc) is 2.85. The number of sulfonamides is 1. The maximum Gasteiger partial charge on any atom is 0.272 e. The van der Waals surface area contributed by atoms with Crippen LogP contribution in [0.3, 0.4) is 0 Å². The van der Waals surface area contributed by atoms with E-state index in [0.29, 0.717) is 21.9 Å². The Labute approximate surface area is 168 Å². The third-order valence-corrected chi connectivity index (χ3v) is 6.29. The Morgan fingerprint density at radius 1 is 1.00 bits per heavy atom. The van der Waals surface area contributed by atoms with Crippen LogP contribution in [0.1, 0.15) is 23.6 Å². The lowest BCUT2D eigenvalue weighted by Gasteiger charge is -2.16. The van der Waals surface area contributed by atoms with Gasteiger partial charge in [-0.3, -0.25) is 9.59 Å². The van der Waals surface area contributed by atoms with Crippen LogP contribution in [-0.2, 0) is 19.6 Å². The Balaban J connectivity index is 2.09. The van der Waals surface area contributed by atoms with Crippen molar-refractivity contribution in [3.8, 4) is 0 Å². The molecule has 3 rings (SSSR count). The van der Waals surface area contributed by atoms with Gasteiger partial charge in [0, 0.05) is 0 Å². The van der Waals surface area contributed by atoms with Crippen LogP contribution in [0.15, 0.2) is 52.3 Å². The van der Waals surface area contributed by atoms with Gasteiger partial charge in [-0.2, -0.15) is 0 Å². The SMILES string of the molecule is CCSC1=C(c2ccc(C)cc2C)C(=O)N(c2ccc(S(N)(=O)=O)cc2)C1=O. The van der Waals surface area contributed by atoms with Gasteiger partial charge in [-0.15, -0.1) is 11.8 Å². The molecule has 0 saturated carbocycles. The standard InChI is InChI=1S/C20H20N2O4S2/c1-4-27-18-17(16-10-5-12(2)11-13(16)3)19(23)22(20(18)24)14-6-8-15(9-7-14)28(21,25)26/h5-11H,4H2,1-3H3,(H2,21,25,26). The molecule has 0 bridgehead atoms. The fourth-order valence-electron chi connectivity index (χ4n) is 3.14. The largest absolute Gasteiger partial charge is 0.272 e. The zero-order chi connectivity index (χ0) is 20.6. The maximum absolute atomic E-state index is 13.2. The molecule has 8 heteroatoms. The van der Waals surface area contributed by atoms with Crippen LogP contribution in [0.25, 0.3) is 5.57 Å². The van der Waals surface area contributed by atoms with Gasteiger partial charge in [0.15, 0.2) is 0 Å². The van der Waals surface area contributed by atoms with E-state index in [9.17, 15) is 18.0 Å². The normalized spacial score (nSPS) is 14.9. The van der Waals surface area contributed by atoms with Crippen LogP contribution in [0, 0.1) is 13.8 Å². The number of carbonyl (C=O) groups excluding carboxylic acids is 2. The fraction of sp³-hybridized carbons (Fsp3) is 0.200. The van der Waals surface area contributed by atoms with Crippen molar-refractivity contribution < 1.29 is 18.0 Å². The predicted octanol–water partition coefficient (Wildman–Crippen LogP) is 2.99. The van der Waals surface area contributed by atoms with Crippen LogP contribution in [0.5, 0.6) is 0 Å². The summed E-state index contributed by atoms with van der Waals surface area (Å²) in [5.41, 5.74) is 3.39. The highest BCUT2D eigenvalue weighted by molar-refractivity contribution is 8.04. The number of hydrogen-bond acceptors (Lipinski definition) is 5. The van der Waals surface area contributed by atoms with E-state index >= 15 is 0 Å². The number of anilines is 1. The van der Waals surface area contributed by atoms with Gasteiger partial charge in [-0.1, -0.05) is 30.7 Å². The molecule has 0 spiro atoms. The van der Waals surface area contributed by atoms with Gasteiger partial charge < -0.3 is 0 Å². The summed E-state index contributed by atoms with van der Waals surface area (Å²) in [6.07, 6.45) is 0. The van der Waals surface area contributed by atoms with E-state index in [1.165, 1.54) is 36.0 Å². The van der Waals surface area contributed by atoms with Gasteiger partial charge in [0.25, 0.3) is 11.8 Å². The summed E-state index contributed by atoms with van der Waals surface area (Å²) in [5, 5.41) is 5.12. The van der Waals surface area contributed by atoms with Crippen molar-refractivity contribution in [2.45, 2.75) is 25.7 Å². The number of nitrogens with two attached hydrogens (primary N) is 1. The summed E-state index contributed by atoms with van der Waals surface area (Å²) in [6, 6.07) is 11.1. The van der Waals surface area contributed by atoms with E-state index in [1.54, 1.807) is 0 Å². The molecule has 28 heavy (non-hydrogen) atoms. The molecule has 6 nitrogen and oxygen atoms in total. The minimum Gasteiger partial charge on any atom is -0.268 e. The van der Waals surface area contributed by atoms with Crippen molar-refractivity contribution in [3.63, 3.8) is 0 Å². The molecule has 0 atom stereocenters. The van der Waals surface area contributed by atoms with E-state index in [2.05, 4.69) is 0 Å². The Morgan fingerprint density at radius 3 is 2.18 bits per heavy atom. The van der Waals surface area contributed by atoms with Gasteiger partial charge in [0.05, 0.1) is 21.1 Å². The Morgan fingerprint density at radius 2 is 1.64 bits per heavy atom. The molecule has 0 fully saturated rings. The highest BCUT2D eigenvalue weighted by atomic mass is 32.2. The monoisotopic (exact) mass is 416 g/mol. The van der Waals surface area contributed by atoms with Gasteiger partial charge >= 0.3 is 0 Å². The lowest BCUT2D eigenvalue weighted by molar-refractivity contribution is -0.119. The van der Waals surface area contributed by atoms with Crippen molar-refractivity contribution in [3.05, 3.63) is 64.1 Å². The lowest BCUT2D eigenvalue weighted by atomic mass is 9.99. The number of thioether (sulfide) groups is 1. The average molecular weight is 417 g/mol. The summed E-state index contributed by atoms with van der Waals surface area (Å²) >= 11 is 1.32. The number of hydrogen-bond donors (Lipinski definition) is 1. The molecule has 2 aromatic rings. The van der Waals surface area contributed by atoms with Crippen molar-refractivity contribution in [2.75, 3.05) is 10.7 Å². The Hall–Kier alpha value is -2.42. The molecule has 0 unspecified atom stereocenters. The zero-order valence-electron chi connectivity index (χ0n) is 15.7. The quantitative estimate of drug-likeness (QED) is 0.756. The minimum atomic E-state index is -3.86. The van der Waals surface area contributed by atoms with E-state index in [4.69, 9.17) is 5.14 Å². The third-order valence-electron chi connectivity index (χ3n) is 4.40. The van der Waals surface area contributed by atoms with Crippen molar-refractivity contribution in [1.29, 1.82) is 0 Å². The Kier molecular flexibility index (Phi) is 5.47. The molecule has 1 heterocycles. The molecule has 1 aliphatic heterocycles. The van der Waals surface area contributed by atoms with Crippen LogP contribution < -0.4 is 10.0 Å². The fourth-order valence-corrected chi connectivity index (χ4v) is 4.50. The Bertz CT molecular complexity index is 1100. The number of nitrogens with zero attached hydrogens (tertiary/aromatic N) is 1. The van der Waals surface area contributed by atoms with Gasteiger partial charge in [0.1, 0.15) is 0 Å². The smallest absolute Gasteiger partial charge is 0.268 e. The number of imide groups is 1. The molecule has 0 aliphatic carbocycles. The third kappa shape index (κ3) is 3.63. The topological polar surface area (TPSA) is 97.5 Å². The first-order valence-electron chi connectivity index (χ1n) is 8.61. The molecule has 0 radical (unpaired) electrons. The van der Waals surface area contributed by atoms with E-state index in [-0.39, 0.29) is 4.90 Å². The van der Waals surface area contributed by atoms with Crippen LogP contribution >= 0.6 is 11.8 Å². The summed E-state index contributed by atoms with van der Waals surface area (Å²) < 4.78 is 22.9. The van der Waals surface area contributed by atoms with Gasteiger partial charge in [-0.25, -0.2) is 18.5 Å². The first-order chi connectivity index (χ1) is 13.1. The number of aryl methyl sites for hydroxylation is 2. The van der Waals surface area contributed by atoms with Crippen molar-refractivity contribution >= 4 is 44.9 Å². The number of benzene rings is 2. The molecule has 2 aromatic carbocycles. The van der Waals surface area contributed by atoms with Crippen LogP contribution in [0.4, 0.5) is 5.69 Å². The van der Waals surface area contributed by atoms with Crippen molar-refractivity contribution in [2.24, 2.45) is 5.14 Å². The summed E-state index contributed by atoms with van der Waals surface area (Å²) in [4.78, 5) is 27.6. The second-order valence-corrected chi connectivity index (χ2v) is 9.28. The number of carbonyl (C=O) groups is 2. The molecule has 2 N–H and O–H groups in total. The summed E-state index contributed by atoms with van der Waals surface area (Å²) in [6.45, 7) is 5.79. The van der Waals surface area contributed by atoms with Gasteiger partial charge in [-0.05, 0) is 55.0 Å². The minimum absolute atomic E-state index is 0.0823.